The fourth-order valence-corrected chi connectivity index (χ4v) is 2.49. The van der Waals surface area contributed by atoms with Crippen molar-refractivity contribution >= 4 is 0 Å². The molecule has 0 aromatic rings. The molecule has 1 aliphatic rings. The molecule has 1 rings (SSSR count). The molecule has 0 unspecified atom stereocenters. The summed E-state index contributed by atoms with van der Waals surface area (Å²) >= 11 is 0. The van der Waals surface area contributed by atoms with Crippen LogP contribution < -0.4 is 0 Å². The van der Waals surface area contributed by atoms with Gasteiger partial charge in [-0.05, 0) is 23.7 Å². The Hall–Kier alpha value is -0.0400. The highest BCUT2D eigenvalue weighted by atomic mass is 16.3. The largest absolute Gasteiger partial charge is 0.392 e. The summed E-state index contributed by atoms with van der Waals surface area (Å²) < 4.78 is 0. The number of rotatable bonds is 0. The number of aliphatic hydroxyl groups is 1. The van der Waals surface area contributed by atoms with Gasteiger partial charge in [0.15, 0.2) is 0 Å². The average molecular weight is 170 g/mol. The maximum Gasteiger partial charge on any atom is 0.0641 e. The lowest BCUT2D eigenvalue weighted by atomic mass is 9.71. The van der Waals surface area contributed by atoms with E-state index in [4.69, 9.17) is 0 Å². The standard InChI is InChI=1S/C11H22O/c1-10(2)7-5-6-8-11(3,4)9(10)12/h9,12H,5-8H2,1-4H3. The highest BCUT2D eigenvalue weighted by Gasteiger charge is 2.40. The van der Waals surface area contributed by atoms with E-state index in [1.807, 2.05) is 0 Å². The summed E-state index contributed by atoms with van der Waals surface area (Å²) in [5.74, 6) is 0. The van der Waals surface area contributed by atoms with Gasteiger partial charge in [0.05, 0.1) is 6.10 Å². The van der Waals surface area contributed by atoms with Crippen molar-refractivity contribution in [3.05, 3.63) is 0 Å². The van der Waals surface area contributed by atoms with Crippen molar-refractivity contribution < 1.29 is 5.11 Å². The molecule has 0 atom stereocenters. The zero-order valence-corrected chi connectivity index (χ0v) is 8.85. The van der Waals surface area contributed by atoms with Crippen LogP contribution in [0.1, 0.15) is 53.4 Å². The van der Waals surface area contributed by atoms with Crippen molar-refractivity contribution in [1.82, 2.24) is 0 Å². The first-order valence-electron chi connectivity index (χ1n) is 5.04. The van der Waals surface area contributed by atoms with Crippen molar-refractivity contribution in [2.75, 3.05) is 0 Å². The molecule has 1 N–H and O–H groups in total. The van der Waals surface area contributed by atoms with Crippen molar-refractivity contribution in [3.8, 4) is 0 Å². The second kappa shape index (κ2) is 3.02. The second-order valence-electron chi connectivity index (χ2n) is 5.59. The van der Waals surface area contributed by atoms with Crippen LogP contribution in [0.2, 0.25) is 0 Å². The Labute approximate surface area is 76.2 Å². The molecule has 1 nitrogen and oxygen atoms in total. The fraction of sp³-hybridized carbons (Fsp3) is 1.00. The molecule has 1 saturated carbocycles. The number of hydrogen-bond acceptors (Lipinski definition) is 1. The molecule has 1 fully saturated rings. The molecule has 0 heterocycles. The first-order chi connectivity index (χ1) is 5.36. The minimum atomic E-state index is -0.146. The number of hydrogen-bond donors (Lipinski definition) is 1. The Balaban J connectivity index is 2.81. The summed E-state index contributed by atoms with van der Waals surface area (Å²) in [5, 5.41) is 10.1. The monoisotopic (exact) mass is 170 g/mol. The SMILES string of the molecule is CC1(C)CCCCC(C)(C)C1O. The normalized spacial score (nSPS) is 29.8. The molecule has 72 valence electrons. The maximum absolute atomic E-state index is 10.1. The van der Waals surface area contributed by atoms with Crippen LogP contribution in [0.25, 0.3) is 0 Å². The van der Waals surface area contributed by atoms with Crippen LogP contribution in [0.4, 0.5) is 0 Å². The van der Waals surface area contributed by atoms with Crippen molar-refractivity contribution in [3.63, 3.8) is 0 Å². The predicted octanol–water partition coefficient (Wildman–Crippen LogP) is 2.97. The van der Waals surface area contributed by atoms with Crippen molar-refractivity contribution in [2.24, 2.45) is 10.8 Å². The summed E-state index contributed by atoms with van der Waals surface area (Å²) in [4.78, 5) is 0. The summed E-state index contributed by atoms with van der Waals surface area (Å²) in [5.41, 5.74) is 0.222. The van der Waals surface area contributed by atoms with E-state index in [2.05, 4.69) is 27.7 Å². The van der Waals surface area contributed by atoms with Crippen molar-refractivity contribution in [1.29, 1.82) is 0 Å². The van der Waals surface area contributed by atoms with E-state index >= 15 is 0 Å². The van der Waals surface area contributed by atoms with Gasteiger partial charge in [-0.3, -0.25) is 0 Å². The first-order valence-corrected chi connectivity index (χ1v) is 5.04. The Morgan fingerprint density at radius 1 is 0.917 bits per heavy atom. The lowest BCUT2D eigenvalue weighted by Gasteiger charge is -2.38. The van der Waals surface area contributed by atoms with E-state index in [9.17, 15) is 5.11 Å². The fourth-order valence-electron chi connectivity index (χ4n) is 2.49. The third-order valence-corrected chi connectivity index (χ3v) is 3.37. The van der Waals surface area contributed by atoms with Crippen LogP contribution in [-0.2, 0) is 0 Å². The maximum atomic E-state index is 10.1. The molecule has 0 aromatic carbocycles. The summed E-state index contributed by atoms with van der Waals surface area (Å²) in [6.07, 6.45) is 4.73. The average Bonchev–Trinajstić information content (AvgIpc) is 2.02. The summed E-state index contributed by atoms with van der Waals surface area (Å²) in [6.45, 7) is 8.74. The molecule has 0 aromatic heterocycles. The predicted molar refractivity (Wildman–Crippen MR) is 52.0 cm³/mol. The van der Waals surface area contributed by atoms with Crippen LogP contribution in [-0.4, -0.2) is 11.2 Å². The smallest absolute Gasteiger partial charge is 0.0641 e. The van der Waals surface area contributed by atoms with E-state index in [0.717, 1.165) is 12.8 Å². The van der Waals surface area contributed by atoms with E-state index in [0.29, 0.717) is 0 Å². The lowest BCUT2D eigenvalue weighted by molar-refractivity contribution is -0.0376. The van der Waals surface area contributed by atoms with Crippen LogP contribution >= 0.6 is 0 Å². The minimum Gasteiger partial charge on any atom is -0.392 e. The molecule has 0 radical (unpaired) electrons. The third-order valence-electron chi connectivity index (χ3n) is 3.37. The van der Waals surface area contributed by atoms with Gasteiger partial charge in [-0.25, -0.2) is 0 Å². The highest BCUT2D eigenvalue weighted by Crippen LogP contribution is 2.43. The molecule has 0 bridgehead atoms. The van der Waals surface area contributed by atoms with Crippen molar-refractivity contribution in [2.45, 2.75) is 59.5 Å². The molecule has 0 spiro atoms. The van der Waals surface area contributed by atoms with E-state index < -0.39 is 0 Å². The van der Waals surface area contributed by atoms with Gasteiger partial charge in [0.2, 0.25) is 0 Å². The first kappa shape index (κ1) is 10.0. The molecular formula is C11H22O. The van der Waals surface area contributed by atoms with Gasteiger partial charge in [0.25, 0.3) is 0 Å². The topological polar surface area (TPSA) is 20.2 Å². The van der Waals surface area contributed by atoms with E-state index in [1.54, 1.807) is 0 Å². The van der Waals surface area contributed by atoms with E-state index in [1.165, 1.54) is 12.8 Å². The quantitative estimate of drug-likeness (QED) is 0.554. The molecule has 1 heteroatoms. The molecule has 12 heavy (non-hydrogen) atoms. The molecule has 0 aliphatic heterocycles. The zero-order chi connectivity index (χ0) is 9.41. The minimum absolute atomic E-state index is 0.111. The van der Waals surface area contributed by atoms with Gasteiger partial charge in [-0.15, -0.1) is 0 Å². The third kappa shape index (κ3) is 1.82. The lowest BCUT2D eigenvalue weighted by Crippen LogP contribution is -2.39. The summed E-state index contributed by atoms with van der Waals surface area (Å²) in [6, 6.07) is 0. The van der Waals surface area contributed by atoms with Crippen LogP contribution in [0.5, 0.6) is 0 Å². The Morgan fingerprint density at radius 3 is 1.58 bits per heavy atom. The van der Waals surface area contributed by atoms with Gasteiger partial charge in [-0.1, -0.05) is 40.5 Å². The van der Waals surface area contributed by atoms with Gasteiger partial charge in [0, 0.05) is 0 Å². The van der Waals surface area contributed by atoms with E-state index in [-0.39, 0.29) is 16.9 Å². The van der Waals surface area contributed by atoms with Gasteiger partial charge < -0.3 is 5.11 Å². The Kier molecular flexibility index (Phi) is 2.53. The Morgan fingerprint density at radius 2 is 1.25 bits per heavy atom. The van der Waals surface area contributed by atoms with Crippen LogP contribution in [0, 0.1) is 10.8 Å². The van der Waals surface area contributed by atoms with Crippen LogP contribution in [0.3, 0.4) is 0 Å². The van der Waals surface area contributed by atoms with Gasteiger partial charge in [-0.2, -0.15) is 0 Å². The van der Waals surface area contributed by atoms with Gasteiger partial charge >= 0.3 is 0 Å². The second-order valence-corrected chi connectivity index (χ2v) is 5.59. The molecule has 0 saturated heterocycles. The molecular weight excluding hydrogens is 148 g/mol. The Bertz CT molecular complexity index is 140. The summed E-state index contributed by atoms with van der Waals surface area (Å²) in [7, 11) is 0. The van der Waals surface area contributed by atoms with Gasteiger partial charge in [0.1, 0.15) is 0 Å². The van der Waals surface area contributed by atoms with Crippen LogP contribution in [0.15, 0.2) is 0 Å². The zero-order valence-electron chi connectivity index (χ0n) is 8.85. The highest BCUT2D eigenvalue weighted by molar-refractivity contribution is 4.91. The molecule has 1 aliphatic carbocycles. The number of aliphatic hydroxyl groups excluding tert-OH is 1. The molecule has 0 amide bonds.